The van der Waals surface area contributed by atoms with Crippen molar-refractivity contribution >= 4 is 27.1 Å². The zero-order valence-corrected chi connectivity index (χ0v) is 11.2. The normalized spacial score (nSPS) is 23.8. The molecule has 1 saturated carbocycles. The molecular weight excluding hydrogens is 303 g/mol. The molecule has 1 aliphatic rings. The van der Waals surface area contributed by atoms with Gasteiger partial charge in [0.1, 0.15) is 0 Å². The second kappa shape index (κ2) is 4.86. The molecule has 0 bridgehead atoms. The molecule has 1 aliphatic carbocycles. The van der Waals surface area contributed by atoms with Crippen molar-refractivity contribution in [1.82, 2.24) is 0 Å². The average Bonchev–Trinajstić information content (AvgIpc) is 2.26. The van der Waals surface area contributed by atoms with Crippen molar-refractivity contribution in [3.05, 3.63) is 24.3 Å². The van der Waals surface area contributed by atoms with Crippen LogP contribution in [-0.2, 0) is 9.84 Å². The lowest BCUT2D eigenvalue weighted by molar-refractivity contribution is -0.0436. The van der Waals surface area contributed by atoms with Gasteiger partial charge in [0.25, 0.3) is 9.84 Å². The third-order valence-corrected chi connectivity index (χ3v) is 4.78. The molecule has 1 aromatic carbocycles. The summed E-state index contributed by atoms with van der Waals surface area (Å²) in [5, 5.41) is 3.19. The van der Waals surface area contributed by atoms with Crippen LogP contribution >= 0.6 is 11.6 Å². The predicted octanol–water partition coefficient (Wildman–Crippen LogP) is 3.16. The quantitative estimate of drug-likeness (QED) is 0.872. The van der Waals surface area contributed by atoms with Gasteiger partial charge in [0, 0.05) is 17.1 Å². The van der Waals surface area contributed by atoms with Gasteiger partial charge in [0.05, 0.1) is 4.90 Å². The summed E-state index contributed by atoms with van der Waals surface area (Å²) >= 11 is 5.80. The number of hydrogen-bond donors (Lipinski definition) is 1. The Labute approximate surface area is 113 Å². The molecule has 2 rings (SSSR count). The van der Waals surface area contributed by atoms with Gasteiger partial charge in [-0.1, -0.05) is 0 Å². The van der Waals surface area contributed by atoms with Crippen molar-refractivity contribution in [2.75, 3.05) is 5.32 Å². The zero-order valence-electron chi connectivity index (χ0n) is 9.61. The van der Waals surface area contributed by atoms with Crippen LogP contribution in [0.2, 0.25) is 0 Å². The zero-order chi connectivity index (χ0) is 14.3. The van der Waals surface area contributed by atoms with Crippen LogP contribution in [0.3, 0.4) is 0 Å². The summed E-state index contributed by atoms with van der Waals surface area (Å²) in [6, 6.07) is 4.72. The Hall–Kier alpha value is -0.950. The first kappa shape index (κ1) is 14.5. The number of sulfone groups is 1. The molecule has 1 fully saturated rings. The molecule has 8 heteroatoms. The van der Waals surface area contributed by atoms with E-state index in [1.54, 1.807) is 0 Å². The first-order chi connectivity index (χ1) is 8.70. The molecule has 0 saturated heterocycles. The molecule has 3 nitrogen and oxygen atoms in total. The third-order valence-electron chi connectivity index (χ3n) is 2.92. The van der Waals surface area contributed by atoms with E-state index in [1.165, 1.54) is 12.1 Å². The maximum absolute atomic E-state index is 12.3. The summed E-state index contributed by atoms with van der Waals surface area (Å²) in [7, 11) is -5.27. The van der Waals surface area contributed by atoms with E-state index in [2.05, 4.69) is 5.32 Å². The van der Waals surface area contributed by atoms with Crippen molar-refractivity contribution in [2.24, 2.45) is 0 Å². The molecule has 0 unspecified atom stereocenters. The van der Waals surface area contributed by atoms with Gasteiger partial charge in [-0.3, -0.25) is 0 Å². The van der Waals surface area contributed by atoms with Gasteiger partial charge in [-0.25, -0.2) is 8.42 Å². The van der Waals surface area contributed by atoms with Crippen LogP contribution in [0.25, 0.3) is 0 Å². The molecule has 1 aromatic rings. The van der Waals surface area contributed by atoms with Crippen molar-refractivity contribution in [1.29, 1.82) is 0 Å². The standard InChI is InChI=1S/C11H11ClF3NO2S/c12-7-5-9(6-7)16-8-1-3-10(4-2-8)19(17,18)11(13,14)15/h1-4,7,9,16H,5-6H2. The van der Waals surface area contributed by atoms with Crippen LogP contribution in [-0.4, -0.2) is 25.3 Å². The molecule has 1 N–H and O–H groups in total. The van der Waals surface area contributed by atoms with E-state index in [-0.39, 0.29) is 11.4 Å². The van der Waals surface area contributed by atoms with Gasteiger partial charge in [0.2, 0.25) is 0 Å². The van der Waals surface area contributed by atoms with Gasteiger partial charge in [0.15, 0.2) is 0 Å². The number of alkyl halides is 4. The van der Waals surface area contributed by atoms with Gasteiger partial charge >= 0.3 is 5.51 Å². The average molecular weight is 314 g/mol. The molecule has 106 valence electrons. The van der Waals surface area contributed by atoms with E-state index in [9.17, 15) is 21.6 Å². The Morgan fingerprint density at radius 1 is 1.16 bits per heavy atom. The highest BCUT2D eigenvalue weighted by Gasteiger charge is 2.46. The maximum Gasteiger partial charge on any atom is 0.501 e. The van der Waals surface area contributed by atoms with Crippen LogP contribution in [0.4, 0.5) is 18.9 Å². The highest BCUT2D eigenvalue weighted by Crippen LogP contribution is 2.32. The smallest absolute Gasteiger partial charge is 0.382 e. The molecule has 19 heavy (non-hydrogen) atoms. The Morgan fingerprint density at radius 3 is 2.11 bits per heavy atom. The summed E-state index contributed by atoms with van der Waals surface area (Å²) in [5.74, 6) is 0. The second-order valence-corrected chi connectivity index (χ2v) is 6.94. The van der Waals surface area contributed by atoms with E-state index in [1.807, 2.05) is 0 Å². The largest absolute Gasteiger partial charge is 0.501 e. The SMILES string of the molecule is O=S(=O)(c1ccc(NC2CC(Cl)C2)cc1)C(F)(F)F. The van der Waals surface area contributed by atoms with E-state index >= 15 is 0 Å². The fourth-order valence-corrected chi connectivity index (χ4v) is 2.96. The fraction of sp³-hybridized carbons (Fsp3) is 0.455. The van der Waals surface area contributed by atoms with Crippen molar-refractivity contribution < 1.29 is 21.6 Å². The Bertz CT molecular complexity index is 550. The van der Waals surface area contributed by atoms with E-state index in [4.69, 9.17) is 11.6 Å². The van der Waals surface area contributed by atoms with Gasteiger partial charge < -0.3 is 5.32 Å². The molecule has 0 aromatic heterocycles. The van der Waals surface area contributed by atoms with Gasteiger partial charge in [-0.15, -0.1) is 11.6 Å². The molecule has 0 spiro atoms. The van der Waals surface area contributed by atoms with E-state index in [0.29, 0.717) is 5.69 Å². The van der Waals surface area contributed by atoms with E-state index in [0.717, 1.165) is 25.0 Å². The highest BCUT2D eigenvalue weighted by atomic mass is 35.5. The monoisotopic (exact) mass is 313 g/mol. The van der Waals surface area contributed by atoms with Crippen LogP contribution in [0.15, 0.2) is 29.2 Å². The lowest BCUT2D eigenvalue weighted by atomic mass is 9.92. The van der Waals surface area contributed by atoms with Crippen molar-refractivity contribution in [2.45, 2.75) is 34.7 Å². The highest BCUT2D eigenvalue weighted by molar-refractivity contribution is 7.92. The van der Waals surface area contributed by atoms with Crippen LogP contribution in [0.1, 0.15) is 12.8 Å². The number of nitrogens with one attached hydrogen (secondary N) is 1. The minimum absolute atomic E-state index is 0.127. The first-order valence-electron chi connectivity index (χ1n) is 5.52. The molecule has 0 amide bonds. The van der Waals surface area contributed by atoms with Crippen molar-refractivity contribution in [3.8, 4) is 0 Å². The number of rotatable bonds is 3. The molecular formula is C11H11ClF3NO2S. The summed E-state index contributed by atoms with van der Waals surface area (Å²) in [6.45, 7) is 0. The minimum Gasteiger partial charge on any atom is -0.382 e. The molecule has 0 radical (unpaired) electrons. The Balaban J connectivity index is 2.11. The molecule has 0 atom stereocenters. The topological polar surface area (TPSA) is 46.2 Å². The lowest BCUT2D eigenvalue weighted by Crippen LogP contribution is -2.35. The molecule has 0 heterocycles. The Kier molecular flexibility index (Phi) is 3.70. The van der Waals surface area contributed by atoms with Crippen LogP contribution in [0.5, 0.6) is 0 Å². The predicted molar refractivity (Wildman–Crippen MR) is 66.0 cm³/mol. The Morgan fingerprint density at radius 2 is 1.68 bits per heavy atom. The summed E-state index contributed by atoms with van der Waals surface area (Å²) < 4.78 is 59.2. The van der Waals surface area contributed by atoms with Crippen LogP contribution in [0, 0.1) is 0 Å². The first-order valence-corrected chi connectivity index (χ1v) is 7.44. The maximum atomic E-state index is 12.3. The van der Waals surface area contributed by atoms with E-state index < -0.39 is 20.2 Å². The summed E-state index contributed by atoms with van der Waals surface area (Å²) in [4.78, 5) is -0.755. The number of benzene rings is 1. The van der Waals surface area contributed by atoms with Gasteiger partial charge in [-0.2, -0.15) is 13.2 Å². The second-order valence-electron chi connectivity index (χ2n) is 4.38. The summed E-state index contributed by atoms with van der Waals surface area (Å²) in [6.07, 6.45) is 1.56. The lowest BCUT2D eigenvalue weighted by Gasteiger charge is -2.32. The third kappa shape index (κ3) is 2.97. The minimum atomic E-state index is -5.28. The number of anilines is 1. The number of halogens is 4. The molecule has 0 aliphatic heterocycles. The summed E-state index contributed by atoms with van der Waals surface area (Å²) in [5.41, 5.74) is -4.70. The number of hydrogen-bond acceptors (Lipinski definition) is 3. The van der Waals surface area contributed by atoms with Crippen LogP contribution < -0.4 is 5.32 Å². The van der Waals surface area contributed by atoms with Crippen molar-refractivity contribution in [3.63, 3.8) is 0 Å². The fourth-order valence-electron chi connectivity index (χ4n) is 1.77. The van der Waals surface area contributed by atoms with Gasteiger partial charge in [-0.05, 0) is 37.1 Å².